The number of anilines is 2. The molecule has 44 heavy (non-hydrogen) atoms. The van der Waals surface area contributed by atoms with Crippen LogP contribution < -0.4 is 9.80 Å². The van der Waals surface area contributed by atoms with E-state index < -0.39 is 23.5 Å². The number of benzene rings is 2. The Bertz CT molecular complexity index is 1380. The Morgan fingerprint density at radius 1 is 0.841 bits per heavy atom. The summed E-state index contributed by atoms with van der Waals surface area (Å²) in [4.78, 5) is 5.07. The minimum atomic E-state index is -4.96. The molecule has 1 heterocycles. The van der Waals surface area contributed by atoms with Gasteiger partial charge in [-0.3, -0.25) is 0 Å². The van der Waals surface area contributed by atoms with Gasteiger partial charge in [-0.1, -0.05) is 30.4 Å². The Morgan fingerprint density at radius 3 is 2.11 bits per heavy atom. The van der Waals surface area contributed by atoms with Gasteiger partial charge in [-0.25, -0.2) is 0 Å². The molecule has 0 saturated heterocycles. The summed E-state index contributed by atoms with van der Waals surface area (Å²) in [6, 6.07) is 5.95. The van der Waals surface area contributed by atoms with E-state index in [0.29, 0.717) is 5.92 Å². The normalized spacial score (nSPS) is 15.9. The number of aliphatic hydroxyl groups excluding tert-OH is 1. The van der Waals surface area contributed by atoms with E-state index in [1.165, 1.54) is 30.4 Å². The zero-order valence-corrected chi connectivity index (χ0v) is 24.8. The van der Waals surface area contributed by atoms with Crippen LogP contribution in [0.25, 0.3) is 0 Å². The van der Waals surface area contributed by atoms with Gasteiger partial charge >= 0.3 is 12.4 Å². The van der Waals surface area contributed by atoms with Crippen LogP contribution in [0, 0.1) is 5.92 Å². The molecule has 1 fully saturated rings. The first-order valence-electron chi connectivity index (χ1n) is 15.3. The number of halogens is 6. The van der Waals surface area contributed by atoms with Crippen LogP contribution in [0.1, 0.15) is 78.8 Å². The third kappa shape index (κ3) is 7.65. The molecule has 2 aliphatic carbocycles. The molecule has 0 amide bonds. The predicted molar refractivity (Wildman–Crippen MR) is 154 cm³/mol. The fourth-order valence-electron chi connectivity index (χ4n) is 6.44. The highest BCUT2D eigenvalue weighted by Crippen LogP contribution is 2.38. The number of hydrogen-bond acceptors (Lipinski definition) is 6. The maximum Gasteiger partial charge on any atom is 0.416 e. The van der Waals surface area contributed by atoms with Crippen LogP contribution >= 0.6 is 0 Å². The number of hydrogen-bond donors (Lipinski definition) is 1. The number of alkyl halides is 6. The highest BCUT2D eigenvalue weighted by molar-refractivity contribution is 5.60. The molecule has 0 aliphatic heterocycles. The van der Waals surface area contributed by atoms with Crippen molar-refractivity contribution in [2.75, 3.05) is 29.5 Å². The van der Waals surface area contributed by atoms with Gasteiger partial charge in [0, 0.05) is 31.9 Å². The molecule has 240 valence electrons. The van der Waals surface area contributed by atoms with Crippen LogP contribution in [-0.2, 0) is 44.8 Å². The summed E-state index contributed by atoms with van der Waals surface area (Å²) in [7, 11) is 0. The smallest absolute Gasteiger partial charge is 0.394 e. The average molecular weight is 625 g/mol. The first-order chi connectivity index (χ1) is 20.9. The number of rotatable bonds is 11. The van der Waals surface area contributed by atoms with Gasteiger partial charge in [-0.15, -0.1) is 5.10 Å². The summed E-state index contributed by atoms with van der Waals surface area (Å²) < 4.78 is 82.1. The predicted octanol–water partition coefficient (Wildman–Crippen LogP) is 6.81. The summed E-state index contributed by atoms with van der Waals surface area (Å²) in [6.45, 7) is 3.35. The molecule has 0 radical (unpaired) electrons. The van der Waals surface area contributed by atoms with Crippen molar-refractivity contribution in [2.24, 2.45) is 5.92 Å². The van der Waals surface area contributed by atoms with Crippen molar-refractivity contribution < 1.29 is 31.4 Å². The Balaban J connectivity index is 1.55. The van der Waals surface area contributed by atoms with Gasteiger partial charge in [-0.05, 0) is 96.7 Å². The lowest BCUT2D eigenvalue weighted by molar-refractivity contribution is -0.143. The Labute approximate surface area is 252 Å². The minimum Gasteiger partial charge on any atom is -0.394 e. The van der Waals surface area contributed by atoms with Gasteiger partial charge in [0.1, 0.15) is 0 Å². The van der Waals surface area contributed by atoms with E-state index >= 15 is 0 Å². The Kier molecular flexibility index (Phi) is 9.71. The average Bonchev–Trinajstić information content (AvgIpc) is 3.64. The van der Waals surface area contributed by atoms with E-state index in [-0.39, 0.29) is 43.8 Å². The molecule has 0 atom stereocenters. The molecule has 0 unspecified atom stereocenters. The standard InChI is InChI=1S/C31H38F6N6O/c1-2-41(18-21-7-4-3-5-8-21)28-16-24-10-6-9-23(24)15-25(28)20-42(29-38-40-43(39-29)11-12-44)19-22-13-26(30(32,33)34)17-27(14-22)31(35,36)37/h13-17,21,44H,2-12,18-20H2,1H3. The fraction of sp³-hybridized carbons (Fsp3) is 0.581. The molecule has 1 saturated carbocycles. The van der Waals surface area contributed by atoms with Crippen molar-refractivity contribution in [1.29, 1.82) is 0 Å². The van der Waals surface area contributed by atoms with Crippen molar-refractivity contribution in [1.82, 2.24) is 20.2 Å². The van der Waals surface area contributed by atoms with Gasteiger partial charge < -0.3 is 14.9 Å². The first-order valence-corrected chi connectivity index (χ1v) is 15.3. The second-order valence-electron chi connectivity index (χ2n) is 11.8. The van der Waals surface area contributed by atoms with E-state index in [1.807, 2.05) is 0 Å². The molecular weight excluding hydrogens is 586 g/mol. The van der Waals surface area contributed by atoms with Crippen molar-refractivity contribution in [3.63, 3.8) is 0 Å². The maximum absolute atomic E-state index is 13.7. The van der Waals surface area contributed by atoms with E-state index in [1.54, 1.807) is 4.90 Å². The number of aromatic nitrogens is 4. The Hall–Kier alpha value is -3.35. The lowest BCUT2D eigenvalue weighted by Crippen LogP contribution is -2.32. The Morgan fingerprint density at radius 2 is 1.50 bits per heavy atom. The number of fused-ring (bicyclic) bond motifs is 1. The summed E-state index contributed by atoms with van der Waals surface area (Å²) in [5.74, 6) is 0.609. The first kappa shape index (κ1) is 32.1. The molecular formula is C31H38F6N6O. The highest BCUT2D eigenvalue weighted by atomic mass is 19.4. The second-order valence-corrected chi connectivity index (χ2v) is 11.8. The van der Waals surface area contributed by atoms with Crippen LogP contribution in [0.5, 0.6) is 0 Å². The van der Waals surface area contributed by atoms with Crippen LogP contribution in [0.4, 0.5) is 38.0 Å². The van der Waals surface area contributed by atoms with Crippen molar-refractivity contribution >= 4 is 11.6 Å². The molecule has 1 aromatic heterocycles. The van der Waals surface area contributed by atoms with Crippen molar-refractivity contribution in [2.45, 2.75) is 90.3 Å². The quantitative estimate of drug-likeness (QED) is 0.237. The van der Waals surface area contributed by atoms with Gasteiger partial charge in [0.05, 0.1) is 24.3 Å². The van der Waals surface area contributed by atoms with E-state index in [2.05, 4.69) is 39.4 Å². The molecule has 0 spiro atoms. The molecule has 1 N–H and O–H groups in total. The molecule has 2 aliphatic rings. The van der Waals surface area contributed by atoms with Crippen LogP contribution in [0.3, 0.4) is 0 Å². The lowest BCUT2D eigenvalue weighted by atomic mass is 9.88. The third-order valence-corrected chi connectivity index (χ3v) is 8.63. The van der Waals surface area contributed by atoms with Crippen LogP contribution in [0.2, 0.25) is 0 Å². The molecule has 5 rings (SSSR count). The van der Waals surface area contributed by atoms with Gasteiger partial charge in [0.2, 0.25) is 0 Å². The summed E-state index contributed by atoms with van der Waals surface area (Å²) in [6.07, 6.45) is -1.03. The van der Waals surface area contributed by atoms with Gasteiger partial charge in [0.25, 0.3) is 5.95 Å². The van der Waals surface area contributed by atoms with Gasteiger partial charge in [-0.2, -0.15) is 31.1 Å². The molecule has 2 aromatic carbocycles. The summed E-state index contributed by atoms with van der Waals surface area (Å²) >= 11 is 0. The van der Waals surface area contributed by atoms with E-state index in [9.17, 15) is 31.4 Å². The summed E-state index contributed by atoms with van der Waals surface area (Å²) in [5.41, 5.74) is 1.48. The lowest BCUT2D eigenvalue weighted by Gasteiger charge is -2.33. The second kappa shape index (κ2) is 13.3. The SMILES string of the molecule is CCN(CC1CCCCC1)c1cc2c(cc1CN(Cc1cc(C(F)(F)F)cc(C(F)(F)F)c1)c1nnn(CCO)n1)CCC2. The summed E-state index contributed by atoms with van der Waals surface area (Å²) in [5, 5.41) is 21.6. The third-order valence-electron chi connectivity index (χ3n) is 8.63. The van der Waals surface area contributed by atoms with E-state index in [0.717, 1.165) is 73.4 Å². The largest absolute Gasteiger partial charge is 0.416 e. The van der Waals surface area contributed by atoms with Crippen LogP contribution in [0.15, 0.2) is 30.3 Å². The number of aryl methyl sites for hydroxylation is 2. The van der Waals surface area contributed by atoms with E-state index in [4.69, 9.17) is 0 Å². The zero-order chi connectivity index (χ0) is 31.5. The van der Waals surface area contributed by atoms with Crippen LogP contribution in [-0.4, -0.2) is 45.0 Å². The topological polar surface area (TPSA) is 70.3 Å². The number of nitrogens with zero attached hydrogens (tertiary/aromatic N) is 6. The van der Waals surface area contributed by atoms with Crippen molar-refractivity contribution in [3.8, 4) is 0 Å². The van der Waals surface area contributed by atoms with Gasteiger partial charge in [0.15, 0.2) is 0 Å². The molecule has 13 heteroatoms. The van der Waals surface area contributed by atoms with Crippen molar-refractivity contribution in [3.05, 3.63) is 63.7 Å². The maximum atomic E-state index is 13.7. The molecule has 0 bridgehead atoms. The minimum absolute atomic E-state index is 0.0394. The number of tetrazole rings is 1. The number of aliphatic hydroxyl groups is 1. The fourth-order valence-corrected chi connectivity index (χ4v) is 6.44. The molecule has 7 nitrogen and oxygen atoms in total. The highest BCUT2D eigenvalue weighted by Gasteiger charge is 2.37. The monoisotopic (exact) mass is 624 g/mol. The molecule has 3 aromatic rings. The zero-order valence-electron chi connectivity index (χ0n) is 24.8.